The molecule has 0 bridgehead atoms. The number of nitrogens with zero attached hydrogens (tertiary/aromatic N) is 2. The maximum absolute atomic E-state index is 12.5. The van der Waals surface area contributed by atoms with Crippen molar-refractivity contribution in [1.82, 2.24) is 15.1 Å². The summed E-state index contributed by atoms with van der Waals surface area (Å²) >= 11 is 0. The fraction of sp³-hybridized carbons (Fsp3) is 0.667. The number of piperidine rings is 1. The number of hydrogen-bond acceptors (Lipinski definition) is 4. The van der Waals surface area contributed by atoms with E-state index in [-0.39, 0.29) is 23.9 Å². The van der Waals surface area contributed by atoms with Crippen molar-refractivity contribution in [1.29, 1.82) is 0 Å². The highest BCUT2D eigenvalue weighted by molar-refractivity contribution is 5.95. The third-order valence-corrected chi connectivity index (χ3v) is 5.29. The van der Waals surface area contributed by atoms with Gasteiger partial charge in [0.25, 0.3) is 5.91 Å². The van der Waals surface area contributed by atoms with Gasteiger partial charge in [0, 0.05) is 32.2 Å². The number of carbonyl (C=O) groups is 2. The van der Waals surface area contributed by atoms with E-state index in [2.05, 4.69) is 10.2 Å². The molecule has 0 radical (unpaired) electrons. The second kappa shape index (κ2) is 7.38. The molecule has 1 atom stereocenters. The highest BCUT2D eigenvalue weighted by Crippen LogP contribution is 2.18. The summed E-state index contributed by atoms with van der Waals surface area (Å²) in [6.45, 7) is 7.29. The fourth-order valence-electron chi connectivity index (χ4n) is 3.67. The van der Waals surface area contributed by atoms with E-state index in [1.165, 1.54) is 0 Å². The molecule has 6 heteroatoms. The van der Waals surface area contributed by atoms with Crippen LogP contribution in [0.1, 0.15) is 48.7 Å². The lowest BCUT2D eigenvalue weighted by Crippen LogP contribution is -2.52. The first-order valence-corrected chi connectivity index (χ1v) is 8.94. The van der Waals surface area contributed by atoms with E-state index in [9.17, 15) is 9.59 Å². The molecule has 132 valence electrons. The Morgan fingerprint density at radius 1 is 1.21 bits per heavy atom. The lowest BCUT2D eigenvalue weighted by molar-refractivity contribution is -0.135. The minimum atomic E-state index is -0.0686. The molecule has 1 aromatic heterocycles. The summed E-state index contributed by atoms with van der Waals surface area (Å²) < 4.78 is 5.19. The summed E-state index contributed by atoms with van der Waals surface area (Å²) in [4.78, 5) is 29.0. The van der Waals surface area contributed by atoms with E-state index in [1.54, 1.807) is 19.3 Å². The normalized spacial score (nSPS) is 21.0. The largest absolute Gasteiger partial charge is 0.469 e. The first-order chi connectivity index (χ1) is 11.6. The van der Waals surface area contributed by atoms with E-state index >= 15 is 0 Å². The van der Waals surface area contributed by atoms with Gasteiger partial charge in [0.1, 0.15) is 5.76 Å². The Bertz CT molecular complexity index is 584. The Hall–Kier alpha value is -1.82. The van der Waals surface area contributed by atoms with Gasteiger partial charge in [-0.3, -0.25) is 14.5 Å². The van der Waals surface area contributed by atoms with Crippen LogP contribution in [0, 0.1) is 6.92 Å². The smallest absolute Gasteiger partial charge is 0.255 e. The summed E-state index contributed by atoms with van der Waals surface area (Å²) in [7, 11) is 0. The molecule has 24 heavy (non-hydrogen) atoms. The quantitative estimate of drug-likeness (QED) is 0.912. The van der Waals surface area contributed by atoms with Crippen LogP contribution in [-0.2, 0) is 4.79 Å². The Morgan fingerprint density at radius 3 is 2.46 bits per heavy atom. The summed E-state index contributed by atoms with van der Waals surface area (Å²) in [5.74, 6) is 0.833. The van der Waals surface area contributed by atoms with Crippen molar-refractivity contribution in [3.63, 3.8) is 0 Å². The lowest BCUT2D eigenvalue weighted by atomic mass is 10.0. The molecule has 0 saturated carbocycles. The Kier molecular flexibility index (Phi) is 5.23. The minimum absolute atomic E-state index is 0.0594. The van der Waals surface area contributed by atoms with E-state index in [1.807, 2.05) is 11.8 Å². The van der Waals surface area contributed by atoms with Crippen molar-refractivity contribution in [2.45, 2.75) is 51.6 Å². The highest BCUT2D eigenvalue weighted by atomic mass is 16.3. The van der Waals surface area contributed by atoms with Gasteiger partial charge in [0.15, 0.2) is 0 Å². The molecule has 0 aromatic carbocycles. The molecule has 6 nitrogen and oxygen atoms in total. The van der Waals surface area contributed by atoms with Gasteiger partial charge < -0.3 is 14.6 Å². The molecule has 2 aliphatic heterocycles. The van der Waals surface area contributed by atoms with E-state index in [0.29, 0.717) is 11.3 Å². The van der Waals surface area contributed by atoms with Gasteiger partial charge in [-0.1, -0.05) is 0 Å². The van der Waals surface area contributed by atoms with Crippen molar-refractivity contribution < 1.29 is 14.0 Å². The molecule has 3 heterocycles. The Balaban J connectivity index is 1.47. The van der Waals surface area contributed by atoms with Crippen molar-refractivity contribution in [2.75, 3.05) is 26.2 Å². The van der Waals surface area contributed by atoms with Crippen LogP contribution in [0.25, 0.3) is 0 Å². The van der Waals surface area contributed by atoms with Crippen LogP contribution in [-0.4, -0.2) is 59.9 Å². The highest BCUT2D eigenvalue weighted by Gasteiger charge is 2.31. The van der Waals surface area contributed by atoms with Crippen LogP contribution in [0.2, 0.25) is 0 Å². The molecule has 2 amide bonds. The fourth-order valence-corrected chi connectivity index (χ4v) is 3.67. The van der Waals surface area contributed by atoms with Gasteiger partial charge in [-0.05, 0) is 45.6 Å². The Morgan fingerprint density at radius 2 is 1.88 bits per heavy atom. The zero-order valence-corrected chi connectivity index (χ0v) is 14.6. The summed E-state index contributed by atoms with van der Waals surface area (Å²) in [5.41, 5.74) is 0.606. The number of amides is 2. The van der Waals surface area contributed by atoms with E-state index in [4.69, 9.17) is 4.42 Å². The molecule has 0 unspecified atom stereocenters. The SMILES string of the molecule is Cc1occc1C(=O)NC1CCN([C@@H](C)C(=O)N2CCCC2)CC1. The average molecular weight is 333 g/mol. The molecule has 2 saturated heterocycles. The molecule has 1 aromatic rings. The van der Waals surface area contributed by atoms with Crippen molar-refractivity contribution in [2.24, 2.45) is 0 Å². The zero-order chi connectivity index (χ0) is 17.1. The van der Waals surface area contributed by atoms with Crippen LogP contribution in [0.5, 0.6) is 0 Å². The molecule has 2 aliphatic rings. The third-order valence-electron chi connectivity index (χ3n) is 5.29. The van der Waals surface area contributed by atoms with Crippen LogP contribution in [0.4, 0.5) is 0 Å². The van der Waals surface area contributed by atoms with Gasteiger partial charge in [0.2, 0.25) is 5.91 Å². The number of hydrogen-bond donors (Lipinski definition) is 1. The van der Waals surface area contributed by atoms with Gasteiger partial charge in [-0.25, -0.2) is 0 Å². The van der Waals surface area contributed by atoms with Crippen LogP contribution in [0.3, 0.4) is 0 Å². The predicted octanol–water partition coefficient (Wildman–Crippen LogP) is 1.79. The second-order valence-electron chi connectivity index (χ2n) is 6.88. The number of rotatable bonds is 4. The zero-order valence-electron chi connectivity index (χ0n) is 14.6. The average Bonchev–Trinajstić information content (AvgIpc) is 3.25. The number of furan rings is 1. The minimum Gasteiger partial charge on any atom is -0.469 e. The molecule has 2 fully saturated rings. The second-order valence-corrected chi connectivity index (χ2v) is 6.88. The van der Waals surface area contributed by atoms with Crippen LogP contribution < -0.4 is 5.32 Å². The molecule has 0 spiro atoms. The Labute approximate surface area is 143 Å². The first-order valence-electron chi connectivity index (χ1n) is 8.94. The summed E-state index contributed by atoms with van der Waals surface area (Å²) in [6, 6.07) is 1.81. The van der Waals surface area contributed by atoms with Crippen molar-refractivity contribution in [3.05, 3.63) is 23.7 Å². The lowest BCUT2D eigenvalue weighted by Gasteiger charge is -2.36. The summed E-state index contributed by atoms with van der Waals surface area (Å²) in [6.07, 6.45) is 5.54. The number of likely N-dealkylation sites (tertiary alicyclic amines) is 2. The first kappa shape index (κ1) is 17.0. The topological polar surface area (TPSA) is 65.8 Å². The van der Waals surface area contributed by atoms with Crippen molar-refractivity contribution in [3.8, 4) is 0 Å². The monoisotopic (exact) mass is 333 g/mol. The summed E-state index contributed by atoms with van der Waals surface area (Å²) in [5, 5.41) is 3.08. The maximum Gasteiger partial charge on any atom is 0.255 e. The van der Waals surface area contributed by atoms with Gasteiger partial charge in [-0.15, -0.1) is 0 Å². The van der Waals surface area contributed by atoms with Gasteiger partial charge >= 0.3 is 0 Å². The number of nitrogens with one attached hydrogen (secondary N) is 1. The molecule has 3 rings (SSSR count). The maximum atomic E-state index is 12.5. The van der Waals surface area contributed by atoms with Crippen molar-refractivity contribution >= 4 is 11.8 Å². The van der Waals surface area contributed by atoms with Crippen LogP contribution in [0.15, 0.2) is 16.7 Å². The molecular weight excluding hydrogens is 306 g/mol. The standard InChI is InChI=1S/C18H27N3O3/c1-13(18(23)21-8-3-4-9-21)20-10-5-15(6-11-20)19-17(22)16-7-12-24-14(16)2/h7,12-13,15H,3-6,8-11H2,1-2H3,(H,19,22)/t13-/m0/s1. The third kappa shape index (κ3) is 3.64. The number of aryl methyl sites for hydroxylation is 1. The predicted molar refractivity (Wildman–Crippen MR) is 90.8 cm³/mol. The van der Waals surface area contributed by atoms with Gasteiger partial charge in [0.05, 0.1) is 17.9 Å². The van der Waals surface area contributed by atoms with Crippen LogP contribution >= 0.6 is 0 Å². The molecule has 0 aliphatic carbocycles. The van der Waals surface area contributed by atoms with E-state index in [0.717, 1.165) is 51.9 Å². The van der Waals surface area contributed by atoms with Gasteiger partial charge in [-0.2, -0.15) is 0 Å². The molecular formula is C18H27N3O3. The van der Waals surface area contributed by atoms with E-state index < -0.39 is 0 Å². The molecule has 1 N–H and O–H groups in total. The number of carbonyl (C=O) groups excluding carboxylic acids is 2.